The molecule has 0 N–H and O–H groups in total. The molecule has 1 aromatic rings. The van der Waals surface area contributed by atoms with Crippen molar-refractivity contribution in [2.24, 2.45) is 0 Å². The van der Waals surface area contributed by atoms with E-state index in [0.29, 0.717) is 17.3 Å². The second-order valence-electron chi connectivity index (χ2n) is 7.77. The van der Waals surface area contributed by atoms with Crippen molar-refractivity contribution < 1.29 is 49.0 Å². The van der Waals surface area contributed by atoms with E-state index in [-0.39, 0.29) is 10.6 Å². The topological polar surface area (TPSA) is 29.5 Å². The van der Waals surface area contributed by atoms with E-state index in [9.17, 15) is 44.3 Å². The van der Waals surface area contributed by atoms with Crippen LogP contribution in [0.1, 0.15) is 13.3 Å². The van der Waals surface area contributed by atoms with Gasteiger partial charge in [-0.05, 0) is 31.1 Å². The van der Waals surface area contributed by atoms with Crippen LogP contribution < -0.4 is 10.1 Å². The first-order valence-electron chi connectivity index (χ1n) is 9.90. The SMILES string of the molecule is C=CC[Si](C)(CC=C)c1cccc(N(CC)C(=O)C(F)(OC(F)(F)CC(F)(F)F)C(F)(F)F)c1. The summed E-state index contributed by atoms with van der Waals surface area (Å²) >= 11 is 0. The van der Waals surface area contributed by atoms with Crippen molar-refractivity contribution in [3.8, 4) is 0 Å². The fourth-order valence-corrected chi connectivity index (χ4v) is 6.23. The standard InChI is InChI=1S/C21H24F9NO2Si/c1-5-11-34(4,12-6-2)16-10-8-9-15(13-16)31(7-3)17(32)20(27,21(28,29)30)33-19(25,26)14-18(22,23)24/h5-6,8-10,13H,1-2,7,11-12,14H2,3-4H3. The van der Waals surface area contributed by atoms with Crippen molar-refractivity contribution in [2.75, 3.05) is 11.4 Å². The number of ether oxygens (including phenoxy) is 1. The molecule has 0 saturated carbocycles. The Morgan fingerprint density at radius 3 is 1.97 bits per heavy atom. The van der Waals surface area contributed by atoms with E-state index in [0.717, 1.165) is 13.0 Å². The minimum absolute atomic E-state index is 0.192. The van der Waals surface area contributed by atoms with Crippen LogP contribution in [0.25, 0.3) is 0 Å². The number of hydrogen-bond acceptors (Lipinski definition) is 2. The maximum atomic E-state index is 14.9. The van der Waals surface area contributed by atoms with Gasteiger partial charge in [0.2, 0.25) is 0 Å². The number of likely N-dealkylation sites (N-methyl/N-ethyl adjacent to an activating group) is 1. The van der Waals surface area contributed by atoms with Crippen LogP contribution in [0, 0.1) is 0 Å². The van der Waals surface area contributed by atoms with Gasteiger partial charge < -0.3 is 4.90 Å². The molecule has 0 aliphatic heterocycles. The maximum absolute atomic E-state index is 14.9. The summed E-state index contributed by atoms with van der Waals surface area (Å²) in [6.45, 7) is 9.75. The quantitative estimate of drug-likeness (QED) is 0.189. The van der Waals surface area contributed by atoms with Crippen molar-refractivity contribution in [3.63, 3.8) is 0 Å². The van der Waals surface area contributed by atoms with Crippen molar-refractivity contribution in [1.29, 1.82) is 0 Å². The molecule has 192 valence electrons. The number of carbonyl (C=O) groups is 1. The van der Waals surface area contributed by atoms with Crippen LogP contribution in [0.15, 0.2) is 49.6 Å². The van der Waals surface area contributed by atoms with Crippen LogP contribution in [0.4, 0.5) is 45.2 Å². The molecule has 0 bridgehead atoms. The summed E-state index contributed by atoms with van der Waals surface area (Å²) < 4.78 is 122. The summed E-state index contributed by atoms with van der Waals surface area (Å²) in [7, 11) is -2.36. The number of alkyl halides is 9. The summed E-state index contributed by atoms with van der Waals surface area (Å²) in [5.74, 6) is -8.37. The van der Waals surface area contributed by atoms with Crippen LogP contribution >= 0.6 is 0 Å². The van der Waals surface area contributed by atoms with E-state index in [1.54, 1.807) is 18.2 Å². The van der Waals surface area contributed by atoms with Gasteiger partial charge in [-0.3, -0.25) is 9.53 Å². The fourth-order valence-electron chi connectivity index (χ4n) is 3.32. The first kappa shape index (κ1) is 29.7. The van der Waals surface area contributed by atoms with Gasteiger partial charge in [-0.2, -0.15) is 39.5 Å². The number of halogens is 9. The van der Waals surface area contributed by atoms with Gasteiger partial charge in [-0.15, -0.1) is 13.2 Å². The monoisotopic (exact) mass is 521 g/mol. The Labute approximate surface area is 191 Å². The summed E-state index contributed by atoms with van der Waals surface area (Å²) in [6.07, 6.45) is -17.7. The Balaban J connectivity index is 3.51. The minimum atomic E-state index is -6.40. The lowest BCUT2D eigenvalue weighted by atomic mass is 10.2. The average Bonchev–Trinajstić information content (AvgIpc) is 2.66. The summed E-state index contributed by atoms with van der Waals surface area (Å²) in [5, 5.41) is 0.621. The molecule has 0 aromatic heterocycles. The lowest BCUT2D eigenvalue weighted by Gasteiger charge is -2.35. The predicted molar refractivity (Wildman–Crippen MR) is 112 cm³/mol. The van der Waals surface area contributed by atoms with E-state index >= 15 is 0 Å². The average molecular weight is 521 g/mol. The Bertz CT molecular complexity index is 876. The van der Waals surface area contributed by atoms with Crippen molar-refractivity contribution in [1.82, 2.24) is 0 Å². The Kier molecular flexibility index (Phi) is 9.23. The number of allylic oxidation sites excluding steroid dienone is 2. The number of anilines is 1. The molecule has 34 heavy (non-hydrogen) atoms. The molecule has 0 spiro atoms. The molecule has 1 atom stereocenters. The molecule has 0 radical (unpaired) electrons. The fraction of sp³-hybridized carbons (Fsp3) is 0.476. The van der Waals surface area contributed by atoms with Gasteiger partial charge in [-0.1, -0.05) is 36.0 Å². The third-order valence-electron chi connectivity index (χ3n) is 4.94. The zero-order valence-electron chi connectivity index (χ0n) is 18.4. The highest BCUT2D eigenvalue weighted by Gasteiger charge is 2.69. The van der Waals surface area contributed by atoms with E-state index in [2.05, 4.69) is 17.9 Å². The van der Waals surface area contributed by atoms with Gasteiger partial charge in [0.05, 0.1) is 8.07 Å². The molecule has 0 saturated heterocycles. The molecule has 0 heterocycles. The molecule has 3 nitrogen and oxygen atoms in total. The maximum Gasteiger partial charge on any atom is 0.458 e. The number of hydrogen-bond donors (Lipinski definition) is 0. The number of nitrogens with zero attached hydrogens (tertiary/aromatic N) is 1. The van der Waals surface area contributed by atoms with Crippen LogP contribution in [-0.4, -0.2) is 44.8 Å². The number of benzene rings is 1. The van der Waals surface area contributed by atoms with Gasteiger partial charge in [0.25, 0.3) is 0 Å². The molecule has 13 heteroatoms. The minimum Gasteiger partial charge on any atom is -0.307 e. The van der Waals surface area contributed by atoms with E-state index in [4.69, 9.17) is 0 Å². The summed E-state index contributed by atoms with van der Waals surface area (Å²) in [6, 6.07) is 6.51. The van der Waals surface area contributed by atoms with Crippen molar-refractivity contribution >= 4 is 24.9 Å². The zero-order chi connectivity index (χ0) is 26.6. The van der Waals surface area contributed by atoms with Crippen LogP contribution in [0.5, 0.6) is 0 Å². The van der Waals surface area contributed by atoms with Gasteiger partial charge in [0, 0.05) is 12.2 Å². The summed E-state index contributed by atoms with van der Waals surface area (Å²) in [5.41, 5.74) is -0.272. The van der Waals surface area contributed by atoms with E-state index in [1.807, 2.05) is 6.55 Å². The van der Waals surface area contributed by atoms with Gasteiger partial charge in [0.1, 0.15) is 6.42 Å². The molecule has 1 unspecified atom stereocenters. The predicted octanol–water partition coefficient (Wildman–Crippen LogP) is 6.49. The molecule has 1 amide bonds. The Morgan fingerprint density at radius 2 is 1.56 bits per heavy atom. The second kappa shape index (κ2) is 10.5. The van der Waals surface area contributed by atoms with Crippen LogP contribution in [-0.2, 0) is 9.53 Å². The zero-order valence-corrected chi connectivity index (χ0v) is 19.4. The number of carbonyl (C=O) groups excluding carboxylic acids is 1. The molecule has 0 aliphatic carbocycles. The molecular formula is C21H24F9NO2Si. The van der Waals surface area contributed by atoms with Gasteiger partial charge in [0.15, 0.2) is 0 Å². The van der Waals surface area contributed by atoms with Crippen LogP contribution in [0.3, 0.4) is 0 Å². The highest BCUT2D eigenvalue weighted by molar-refractivity contribution is 6.91. The Morgan fingerprint density at radius 1 is 1.03 bits per heavy atom. The first-order chi connectivity index (χ1) is 15.4. The van der Waals surface area contributed by atoms with Crippen molar-refractivity contribution in [3.05, 3.63) is 49.6 Å². The Hall–Kier alpha value is -2.28. The van der Waals surface area contributed by atoms with Gasteiger partial charge in [-0.25, -0.2) is 0 Å². The smallest absolute Gasteiger partial charge is 0.307 e. The number of rotatable bonds is 11. The van der Waals surface area contributed by atoms with Crippen LogP contribution in [0.2, 0.25) is 18.6 Å². The molecule has 1 rings (SSSR count). The van der Waals surface area contributed by atoms with Gasteiger partial charge >= 0.3 is 30.2 Å². The molecule has 1 aromatic carbocycles. The highest BCUT2D eigenvalue weighted by atomic mass is 28.3. The number of amides is 1. The summed E-state index contributed by atoms with van der Waals surface area (Å²) in [4.78, 5) is 12.8. The molecular weight excluding hydrogens is 497 g/mol. The molecule has 0 aliphatic rings. The van der Waals surface area contributed by atoms with Crippen molar-refractivity contribution in [2.45, 2.75) is 56.3 Å². The lowest BCUT2D eigenvalue weighted by molar-refractivity contribution is -0.406. The highest BCUT2D eigenvalue weighted by Crippen LogP contribution is 2.44. The molecule has 0 fully saturated rings. The normalized spacial score (nSPS) is 14.9. The van der Waals surface area contributed by atoms with E-state index in [1.165, 1.54) is 12.1 Å². The van der Waals surface area contributed by atoms with E-state index < -0.39 is 51.3 Å². The third-order valence-corrected chi connectivity index (χ3v) is 9.03. The lowest BCUT2D eigenvalue weighted by Crippen LogP contribution is -2.60. The second-order valence-corrected chi connectivity index (χ2v) is 12.3. The first-order valence-corrected chi connectivity index (χ1v) is 12.8. The largest absolute Gasteiger partial charge is 0.458 e. The third kappa shape index (κ3) is 7.11.